The molecule has 88 valence electrons. The van der Waals surface area contributed by atoms with E-state index in [0.29, 0.717) is 6.54 Å². The Morgan fingerprint density at radius 3 is 2.12 bits per heavy atom. The molecule has 0 bridgehead atoms. The predicted molar refractivity (Wildman–Crippen MR) is 64.1 cm³/mol. The second-order valence-electron chi connectivity index (χ2n) is 5.29. The summed E-state index contributed by atoms with van der Waals surface area (Å²) in [6.45, 7) is 6.35. The lowest BCUT2D eigenvalue weighted by Gasteiger charge is -2.40. The van der Waals surface area contributed by atoms with E-state index in [1.54, 1.807) is 7.05 Å². The predicted octanol–water partition coefficient (Wildman–Crippen LogP) is 3.11. The third kappa shape index (κ3) is 2.42. The van der Waals surface area contributed by atoms with Crippen LogP contribution in [0.25, 0.3) is 0 Å². The Labute approximate surface area is 96.9 Å². The second kappa shape index (κ2) is 4.26. The van der Waals surface area contributed by atoms with Gasteiger partial charge in [-0.3, -0.25) is 0 Å². The smallest absolute Gasteiger partial charge is 0.435 e. The van der Waals surface area contributed by atoms with Gasteiger partial charge in [0.25, 0.3) is 0 Å². The highest BCUT2D eigenvalue weighted by molar-refractivity contribution is 5.57. The highest BCUT2D eigenvalue weighted by Gasteiger charge is 2.43. The molecule has 1 aromatic rings. The van der Waals surface area contributed by atoms with Crippen molar-refractivity contribution in [3.63, 3.8) is 0 Å². The minimum Gasteiger partial charge on any atom is -0.435 e. The van der Waals surface area contributed by atoms with Crippen molar-refractivity contribution < 1.29 is 14.4 Å². The fourth-order valence-corrected chi connectivity index (χ4v) is 1.54. The zero-order valence-corrected chi connectivity index (χ0v) is 10.4. The third-order valence-corrected chi connectivity index (χ3v) is 3.24. The van der Waals surface area contributed by atoms with Crippen LogP contribution in [0.2, 0.25) is 0 Å². The van der Waals surface area contributed by atoms with Crippen LogP contribution in [0.1, 0.15) is 26.3 Å². The van der Waals surface area contributed by atoms with Gasteiger partial charge in [0.1, 0.15) is 12.1 Å². The van der Waals surface area contributed by atoms with E-state index >= 15 is 0 Å². The molecular formula is C13H20NO2+. The van der Waals surface area contributed by atoms with Crippen molar-refractivity contribution in [3.8, 4) is 0 Å². The number of carbonyl (C=O) groups is 1. The number of nitrogens with zero attached hydrogens (tertiary/aromatic N) is 1. The molecule has 1 aromatic carbocycles. The highest BCUT2D eigenvalue weighted by Crippen LogP contribution is 2.25. The summed E-state index contributed by atoms with van der Waals surface area (Å²) in [5.74, 6) is 0. The van der Waals surface area contributed by atoms with Gasteiger partial charge in [-0.15, -0.1) is 0 Å². The molecular weight excluding hydrogens is 202 g/mol. The molecule has 0 heterocycles. The summed E-state index contributed by atoms with van der Waals surface area (Å²) in [6.07, 6.45) is -0.795. The molecule has 0 saturated carbocycles. The molecule has 0 aliphatic heterocycles. The molecule has 0 aliphatic rings. The number of hydrogen-bond donors (Lipinski definition) is 1. The molecule has 0 aliphatic carbocycles. The van der Waals surface area contributed by atoms with E-state index in [1.165, 1.54) is 0 Å². The van der Waals surface area contributed by atoms with Gasteiger partial charge in [-0.05, 0) is 20.8 Å². The number of amides is 1. The Hall–Kier alpha value is -1.35. The van der Waals surface area contributed by atoms with Crippen LogP contribution >= 0.6 is 0 Å². The Morgan fingerprint density at radius 1 is 1.25 bits per heavy atom. The molecule has 1 rings (SSSR count). The van der Waals surface area contributed by atoms with Crippen LogP contribution in [-0.4, -0.2) is 28.3 Å². The van der Waals surface area contributed by atoms with Crippen molar-refractivity contribution in [2.45, 2.75) is 32.9 Å². The van der Waals surface area contributed by atoms with Gasteiger partial charge in [0.05, 0.1) is 7.05 Å². The van der Waals surface area contributed by atoms with E-state index in [4.69, 9.17) is 0 Å². The van der Waals surface area contributed by atoms with Gasteiger partial charge < -0.3 is 5.11 Å². The van der Waals surface area contributed by atoms with Crippen molar-refractivity contribution in [2.75, 3.05) is 7.05 Å². The fourth-order valence-electron chi connectivity index (χ4n) is 1.54. The van der Waals surface area contributed by atoms with Crippen LogP contribution in [0.3, 0.4) is 0 Å². The molecule has 1 amide bonds. The quantitative estimate of drug-likeness (QED) is 0.781. The monoisotopic (exact) mass is 222 g/mol. The van der Waals surface area contributed by atoms with Crippen molar-refractivity contribution in [1.82, 2.24) is 0 Å². The first-order valence-electron chi connectivity index (χ1n) is 5.40. The van der Waals surface area contributed by atoms with Crippen molar-refractivity contribution >= 4 is 6.09 Å². The summed E-state index contributed by atoms with van der Waals surface area (Å²) in [5.41, 5.74) is 0.712. The Balaban J connectivity index is 3.03. The van der Waals surface area contributed by atoms with E-state index in [1.807, 2.05) is 51.1 Å². The molecule has 0 saturated heterocycles. The van der Waals surface area contributed by atoms with Gasteiger partial charge in [-0.2, -0.15) is 4.79 Å². The number of rotatable bonds is 2. The SMILES string of the molecule is CC(C)(C)[N+](C)(Cc1ccccc1)C(=O)O. The second-order valence-corrected chi connectivity index (χ2v) is 5.29. The normalized spacial score (nSPS) is 15.5. The highest BCUT2D eigenvalue weighted by atomic mass is 16.4. The molecule has 0 fully saturated rings. The number of benzene rings is 1. The lowest BCUT2D eigenvalue weighted by molar-refractivity contribution is -0.897. The average Bonchev–Trinajstić information content (AvgIpc) is 2.17. The van der Waals surface area contributed by atoms with Gasteiger partial charge in [0.2, 0.25) is 0 Å². The van der Waals surface area contributed by atoms with E-state index in [2.05, 4.69) is 0 Å². The van der Waals surface area contributed by atoms with E-state index in [0.717, 1.165) is 5.56 Å². The van der Waals surface area contributed by atoms with Gasteiger partial charge in [0, 0.05) is 5.56 Å². The van der Waals surface area contributed by atoms with Crippen LogP contribution < -0.4 is 0 Å². The van der Waals surface area contributed by atoms with E-state index < -0.39 is 6.09 Å². The Kier molecular flexibility index (Phi) is 3.38. The summed E-state index contributed by atoms with van der Waals surface area (Å²) in [7, 11) is 1.76. The van der Waals surface area contributed by atoms with Crippen LogP contribution in [0.5, 0.6) is 0 Å². The largest absolute Gasteiger partial charge is 0.514 e. The van der Waals surface area contributed by atoms with Crippen LogP contribution in [0.15, 0.2) is 30.3 Å². The van der Waals surface area contributed by atoms with Crippen molar-refractivity contribution in [1.29, 1.82) is 0 Å². The third-order valence-electron chi connectivity index (χ3n) is 3.24. The minimum atomic E-state index is -0.795. The zero-order valence-electron chi connectivity index (χ0n) is 10.4. The molecule has 1 N–H and O–H groups in total. The first-order chi connectivity index (χ1) is 7.27. The zero-order chi connectivity index (χ0) is 12.4. The van der Waals surface area contributed by atoms with Crippen molar-refractivity contribution in [2.24, 2.45) is 0 Å². The van der Waals surface area contributed by atoms with Crippen molar-refractivity contribution in [3.05, 3.63) is 35.9 Å². The maximum Gasteiger partial charge on any atom is 0.514 e. The number of carboxylic acid groups (broad SMARTS) is 1. The molecule has 1 atom stereocenters. The summed E-state index contributed by atoms with van der Waals surface area (Å²) < 4.78 is -0.0169. The topological polar surface area (TPSA) is 37.3 Å². The summed E-state index contributed by atoms with van der Waals surface area (Å²) >= 11 is 0. The van der Waals surface area contributed by atoms with Crippen LogP contribution in [0.4, 0.5) is 4.79 Å². The van der Waals surface area contributed by atoms with Crippen LogP contribution in [-0.2, 0) is 6.54 Å². The maximum absolute atomic E-state index is 11.4. The summed E-state index contributed by atoms with van der Waals surface area (Å²) in [6, 6.07) is 9.73. The first kappa shape index (κ1) is 12.7. The average molecular weight is 222 g/mol. The van der Waals surface area contributed by atoms with Gasteiger partial charge in [-0.1, -0.05) is 30.3 Å². The standard InChI is InChI=1S/C13H19NO2/c1-13(2,3)14(4,12(15)16)10-11-8-6-5-7-9-11/h5-9H,10H2,1-4H3/p+1. The summed E-state index contributed by atoms with van der Waals surface area (Å²) in [4.78, 5) is 11.4. The molecule has 0 radical (unpaired) electrons. The van der Waals surface area contributed by atoms with Gasteiger partial charge in [0.15, 0.2) is 0 Å². The molecule has 1 unspecified atom stereocenters. The van der Waals surface area contributed by atoms with E-state index in [9.17, 15) is 9.90 Å². The van der Waals surface area contributed by atoms with Gasteiger partial charge >= 0.3 is 6.09 Å². The molecule has 3 nitrogen and oxygen atoms in total. The summed E-state index contributed by atoms with van der Waals surface area (Å²) in [5, 5.41) is 9.40. The van der Waals surface area contributed by atoms with Crippen LogP contribution in [0, 0.1) is 0 Å². The Bertz CT molecular complexity index is 367. The Morgan fingerprint density at radius 2 is 1.75 bits per heavy atom. The molecule has 0 spiro atoms. The van der Waals surface area contributed by atoms with Gasteiger partial charge in [-0.25, -0.2) is 4.48 Å². The lowest BCUT2D eigenvalue weighted by Crippen LogP contribution is -2.59. The fraction of sp³-hybridized carbons (Fsp3) is 0.462. The van der Waals surface area contributed by atoms with E-state index in [-0.39, 0.29) is 10.0 Å². The minimum absolute atomic E-state index is 0.0169. The number of quaternary nitrogens is 1. The first-order valence-corrected chi connectivity index (χ1v) is 5.40. The number of hydrogen-bond acceptors (Lipinski definition) is 1. The molecule has 0 aromatic heterocycles. The molecule has 16 heavy (non-hydrogen) atoms. The maximum atomic E-state index is 11.4. The molecule has 3 heteroatoms. The lowest BCUT2D eigenvalue weighted by atomic mass is 10.0.